The quantitative estimate of drug-likeness (QED) is 0.708. The molecule has 0 atom stereocenters. The summed E-state index contributed by atoms with van der Waals surface area (Å²) >= 11 is 0. The lowest BCUT2D eigenvalue weighted by molar-refractivity contribution is 0.0697. The number of rotatable bonds is 5. The number of aromatic carboxylic acids is 1. The van der Waals surface area contributed by atoms with Crippen molar-refractivity contribution in [2.45, 2.75) is 32.9 Å². The third-order valence-electron chi connectivity index (χ3n) is 4.29. The molecule has 0 aliphatic rings. The molecule has 0 bridgehead atoms. The Morgan fingerprint density at radius 3 is 2.59 bits per heavy atom. The van der Waals surface area contributed by atoms with Gasteiger partial charge in [-0.1, -0.05) is 6.07 Å². The van der Waals surface area contributed by atoms with E-state index in [-0.39, 0.29) is 23.6 Å². The monoisotopic (exact) mass is 389 g/mol. The predicted octanol–water partition coefficient (Wildman–Crippen LogP) is 1.96. The fourth-order valence-corrected chi connectivity index (χ4v) is 4.21. The lowest BCUT2D eigenvalue weighted by atomic mass is 10.0. The van der Waals surface area contributed by atoms with E-state index >= 15 is 0 Å². The lowest BCUT2D eigenvalue weighted by Crippen LogP contribution is -2.33. The second kappa shape index (κ2) is 6.62. The van der Waals surface area contributed by atoms with E-state index in [4.69, 9.17) is 0 Å². The van der Waals surface area contributed by atoms with Crippen LogP contribution < -0.4 is 4.31 Å². The van der Waals surface area contributed by atoms with Crippen molar-refractivity contribution in [3.05, 3.63) is 46.8 Å². The van der Waals surface area contributed by atoms with Gasteiger partial charge in [-0.2, -0.15) is 13.4 Å². The van der Waals surface area contributed by atoms with Crippen molar-refractivity contribution in [2.24, 2.45) is 0 Å². The first kappa shape index (κ1) is 18.8. The van der Waals surface area contributed by atoms with Gasteiger partial charge in [0.25, 0.3) is 10.9 Å². The van der Waals surface area contributed by atoms with Crippen molar-refractivity contribution in [1.29, 1.82) is 0 Å². The highest BCUT2D eigenvalue weighted by Crippen LogP contribution is 2.31. The Labute approximate surface area is 156 Å². The average Bonchev–Trinajstić information content (AvgIpc) is 3.02. The van der Waals surface area contributed by atoms with E-state index < -0.39 is 21.1 Å². The maximum absolute atomic E-state index is 13.2. The van der Waals surface area contributed by atoms with Crippen LogP contribution in [0.15, 0.2) is 29.7 Å². The SMILES string of the molecule is CCN(c1c(C(=O)O)ccc(C)c1C)S(=O)(=O)c1nc2ncc(C)cn2n1. The van der Waals surface area contributed by atoms with Gasteiger partial charge in [-0.3, -0.25) is 4.31 Å². The number of hydrogen-bond donors (Lipinski definition) is 1. The largest absolute Gasteiger partial charge is 0.478 e. The number of sulfonamides is 1. The van der Waals surface area contributed by atoms with Crippen molar-refractivity contribution in [3.63, 3.8) is 0 Å². The second-order valence-electron chi connectivity index (χ2n) is 6.15. The van der Waals surface area contributed by atoms with Crippen LogP contribution in [-0.4, -0.2) is 45.6 Å². The molecule has 1 aromatic carbocycles. The van der Waals surface area contributed by atoms with Crippen LogP contribution in [0.2, 0.25) is 0 Å². The Morgan fingerprint density at radius 2 is 1.96 bits per heavy atom. The summed E-state index contributed by atoms with van der Waals surface area (Å²) in [6, 6.07) is 3.05. The molecule has 0 spiro atoms. The molecule has 0 saturated heterocycles. The number of fused-ring (bicyclic) bond motifs is 1. The van der Waals surface area contributed by atoms with Gasteiger partial charge in [-0.25, -0.2) is 14.3 Å². The first-order valence-corrected chi connectivity index (χ1v) is 9.66. The lowest BCUT2D eigenvalue weighted by Gasteiger charge is -2.25. The maximum Gasteiger partial charge on any atom is 0.337 e. The van der Waals surface area contributed by atoms with Crippen molar-refractivity contribution in [2.75, 3.05) is 10.8 Å². The number of carboxylic acid groups (broad SMARTS) is 1. The van der Waals surface area contributed by atoms with E-state index in [1.165, 1.54) is 10.6 Å². The molecule has 2 aromatic heterocycles. The van der Waals surface area contributed by atoms with Gasteiger partial charge >= 0.3 is 16.0 Å². The Hall–Kier alpha value is -3.01. The number of nitrogens with zero attached hydrogens (tertiary/aromatic N) is 5. The fraction of sp³-hybridized carbons (Fsp3) is 0.294. The summed E-state index contributed by atoms with van der Waals surface area (Å²) in [5, 5.41) is 13.1. The zero-order valence-corrected chi connectivity index (χ0v) is 16.1. The summed E-state index contributed by atoms with van der Waals surface area (Å²) in [4.78, 5) is 19.8. The van der Waals surface area contributed by atoms with Crippen LogP contribution in [0.4, 0.5) is 5.69 Å². The second-order valence-corrected chi connectivity index (χ2v) is 7.90. The summed E-state index contributed by atoms with van der Waals surface area (Å²) in [6.45, 7) is 6.94. The molecule has 0 aliphatic heterocycles. The molecule has 0 unspecified atom stereocenters. The molecular weight excluding hydrogens is 370 g/mol. The van der Waals surface area contributed by atoms with E-state index in [1.807, 2.05) is 0 Å². The van der Waals surface area contributed by atoms with Crippen molar-refractivity contribution < 1.29 is 18.3 Å². The Kier molecular flexibility index (Phi) is 4.60. The number of carbonyl (C=O) groups is 1. The first-order valence-electron chi connectivity index (χ1n) is 8.22. The van der Waals surface area contributed by atoms with Crippen molar-refractivity contribution >= 4 is 27.5 Å². The van der Waals surface area contributed by atoms with Gasteiger partial charge in [0.1, 0.15) is 0 Å². The minimum atomic E-state index is -4.19. The van der Waals surface area contributed by atoms with Crippen LogP contribution in [0.5, 0.6) is 0 Å². The minimum absolute atomic E-state index is 0.0227. The zero-order chi connectivity index (χ0) is 19.9. The van der Waals surface area contributed by atoms with Gasteiger partial charge in [0, 0.05) is 18.9 Å². The smallest absolute Gasteiger partial charge is 0.337 e. The van der Waals surface area contributed by atoms with Gasteiger partial charge in [0.2, 0.25) is 0 Å². The van der Waals surface area contributed by atoms with Crippen LogP contribution >= 0.6 is 0 Å². The van der Waals surface area contributed by atoms with E-state index in [1.54, 1.807) is 46.2 Å². The normalized spacial score (nSPS) is 11.7. The van der Waals surface area contributed by atoms with E-state index in [2.05, 4.69) is 15.1 Å². The molecule has 0 aliphatic carbocycles. The highest BCUT2D eigenvalue weighted by atomic mass is 32.2. The molecule has 0 amide bonds. The molecule has 142 valence electrons. The molecule has 10 heteroatoms. The molecule has 3 aromatic rings. The zero-order valence-electron chi connectivity index (χ0n) is 15.3. The standard InChI is InChI=1S/C17H19N5O4S/c1-5-22(14-12(4)11(3)6-7-13(14)15(23)24)27(25,26)17-19-16-18-8-10(2)9-21(16)20-17/h6-9H,5H2,1-4H3,(H,23,24). The number of anilines is 1. The Balaban J connectivity index is 2.22. The van der Waals surface area contributed by atoms with Gasteiger partial charge in [-0.15, -0.1) is 5.10 Å². The number of aromatic nitrogens is 4. The molecular formula is C17H19N5O4S. The van der Waals surface area contributed by atoms with Crippen LogP contribution in [0, 0.1) is 20.8 Å². The molecule has 9 nitrogen and oxygen atoms in total. The highest BCUT2D eigenvalue weighted by Gasteiger charge is 2.32. The molecule has 2 heterocycles. The molecule has 1 N–H and O–H groups in total. The fourth-order valence-electron chi connectivity index (χ4n) is 2.81. The minimum Gasteiger partial charge on any atom is -0.478 e. The average molecular weight is 389 g/mol. The molecule has 3 rings (SSSR count). The number of aryl methyl sites for hydroxylation is 2. The van der Waals surface area contributed by atoms with Gasteiger partial charge < -0.3 is 5.11 Å². The summed E-state index contributed by atoms with van der Waals surface area (Å²) in [5.41, 5.74) is 2.17. The van der Waals surface area contributed by atoms with Crippen LogP contribution in [0.3, 0.4) is 0 Å². The van der Waals surface area contributed by atoms with Crippen molar-refractivity contribution in [1.82, 2.24) is 19.6 Å². The van der Waals surface area contributed by atoms with Crippen LogP contribution in [0.1, 0.15) is 34.0 Å². The van der Waals surface area contributed by atoms with Gasteiger partial charge in [-0.05, 0) is 50.5 Å². The van der Waals surface area contributed by atoms with Crippen molar-refractivity contribution in [3.8, 4) is 0 Å². The third kappa shape index (κ3) is 3.12. The summed E-state index contributed by atoms with van der Waals surface area (Å²) in [7, 11) is -4.19. The van der Waals surface area contributed by atoms with E-state index in [9.17, 15) is 18.3 Å². The first-order chi connectivity index (χ1) is 12.7. The maximum atomic E-state index is 13.2. The molecule has 0 saturated carbocycles. The summed E-state index contributed by atoms with van der Waals surface area (Å²) in [5.74, 6) is -1.06. The predicted molar refractivity (Wildman–Crippen MR) is 98.6 cm³/mol. The highest BCUT2D eigenvalue weighted by molar-refractivity contribution is 7.92. The number of hydrogen-bond acceptors (Lipinski definition) is 6. The van der Waals surface area contributed by atoms with Crippen LogP contribution in [0.25, 0.3) is 5.78 Å². The number of benzene rings is 1. The topological polar surface area (TPSA) is 118 Å². The van der Waals surface area contributed by atoms with Gasteiger partial charge in [0.05, 0.1) is 11.3 Å². The summed E-state index contributed by atoms with van der Waals surface area (Å²) in [6.07, 6.45) is 3.18. The molecule has 27 heavy (non-hydrogen) atoms. The van der Waals surface area contributed by atoms with Crippen LogP contribution in [-0.2, 0) is 10.0 Å². The third-order valence-corrected chi connectivity index (χ3v) is 5.95. The summed E-state index contributed by atoms with van der Waals surface area (Å²) < 4.78 is 28.8. The molecule has 0 radical (unpaired) electrons. The van der Waals surface area contributed by atoms with Gasteiger partial charge in [0.15, 0.2) is 0 Å². The Bertz CT molecular complexity index is 1150. The Morgan fingerprint density at radius 1 is 1.26 bits per heavy atom. The molecule has 0 fully saturated rings. The van der Waals surface area contributed by atoms with E-state index in [0.717, 1.165) is 15.4 Å². The van der Waals surface area contributed by atoms with E-state index in [0.29, 0.717) is 5.56 Å². The number of carboxylic acids is 1.